The lowest BCUT2D eigenvalue weighted by atomic mass is 10.1. The van der Waals surface area contributed by atoms with Crippen molar-refractivity contribution < 1.29 is 14.3 Å². The summed E-state index contributed by atoms with van der Waals surface area (Å²) in [6.45, 7) is 1.96. The van der Waals surface area contributed by atoms with Gasteiger partial charge in [0.25, 0.3) is 5.56 Å². The third-order valence-electron chi connectivity index (χ3n) is 3.75. The van der Waals surface area contributed by atoms with Crippen LogP contribution in [0, 0.1) is 0 Å². The second-order valence-corrected chi connectivity index (χ2v) is 5.20. The number of carbonyl (C=O) groups is 1. The number of nitrogens with zero attached hydrogens (tertiary/aromatic N) is 1. The Hall–Kier alpha value is -2.57. The number of aromatic amines is 1. The molecule has 7 heteroatoms. The second-order valence-electron chi connectivity index (χ2n) is 5.20. The summed E-state index contributed by atoms with van der Waals surface area (Å²) in [7, 11) is 2.73. The van der Waals surface area contributed by atoms with E-state index in [0.717, 1.165) is 11.0 Å². The van der Waals surface area contributed by atoms with E-state index < -0.39 is 23.3 Å². The molecule has 1 aromatic heterocycles. The lowest BCUT2D eigenvalue weighted by Crippen LogP contribution is -2.41. The van der Waals surface area contributed by atoms with Crippen molar-refractivity contribution in [1.29, 1.82) is 0 Å². The number of rotatable bonds is 6. The predicted molar refractivity (Wildman–Crippen MR) is 86.0 cm³/mol. The average Bonchev–Trinajstić information content (AvgIpc) is 2.56. The quantitative estimate of drug-likeness (QED) is 0.817. The molecule has 0 unspecified atom stereocenters. The molecule has 0 saturated heterocycles. The Morgan fingerprint density at radius 2 is 2.04 bits per heavy atom. The molecule has 0 aliphatic heterocycles. The van der Waals surface area contributed by atoms with Gasteiger partial charge in [-0.25, -0.2) is 14.2 Å². The molecule has 1 atom stereocenters. The molecule has 124 valence electrons. The van der Waals surface area contributed by atoms with Crippen LogP contribution in [0.15, 0.2) is 27.8 Å². The van der Waals surface area contributed by atoms with Crippen molar-refractivity contribution in [2.45, 2.75) is 32.2 Å². The molecule has 0 aliphatic rings. The zero-order valence-corrected chi connectivity index (χ0v) is 13.4. The van der Waals surface area contributed by atoms with Gasteiger partial charge in [-0.3, -0.25) is 4.79 Å². The Balaban J connectivity index is 2.68. The molecule has 0 amide bonds. The van der Waals surface area contributed by atoms with E-state index in [9.17, 15) is 14.4 Å². The highest BCUT2D eigenvalue weighted by Crippen LogP contribution is 2.18. The first-order chi connectivity index (χ1) is 11.0. The van der Waals surface area contributed by atoms with Crippen molar-refractivity contribution in [2.24, 2.45) is 0 Å². The fourth-order valence-corrected chi connectivity index (χ4v) is 2.50. The van der Waals surface area contributed by atoms with E-state index in [0.29, 0.717) is 24.1 Å². The van der Waals surface area contributed by atoms with Crippen molar-refractivity contribution in [3.05, 3.63) is 39.0 Å². The van der Waals surface area contributed by atoms with E-state index >= 15 is 0 Å². The number of H-pyrrole nitrogens is 1. The molecule has 0 saturated carbocycles. The SMILES string of the molecule is CCCC[C@@H](C(=O)OC)n1c(=O)[nH]c2ccc(OC)cc2c1=O. The second kappa shape index (κ2) is 7.13. The summed E-state index contributed by atoms with van der Waals surface area (Å²) >= 11 is 0. The Labute approximate surface area is 132 Å². The molecule has 0 spiro atoms. The molecular weight excluding hydrogens is 300 g/mol. The zero-order chi connectivity index (χ0) is 17.0. The smallest absolute Gasteiger partial charge is 0.329 e. The van der Waals surface area contributed by atoms with Crippen LogP contribution in [0.3, 0.4) is 0 Å². The highest BCUT2D eigenvalue weighted by molar-refractivity contribution is 5.80. The first kappa shape index (κ1) is 16.8. The van der Waals surface area contributed by atoms with Crippen LogP contribution >= 0.6 is 0 Å². The minimum absolute atomic E-state index is 0.286. The molecule has 7 nitrogen and oxygen atoms in total. The summed E-state index contributed by atoms with van der Waals surface area (Å²) in [5.74, 6) is -0.107. The van der Waals surface area contributed by atoms with Gasteiger partial charge in [-0.1, -0.05) is 19.8 Å². The van der Waals surface area contributed by atoms with Crippen LogP contribution in [0.1, 0.15) is 32.2 Å². The number of nitrogens with one attached hydrogen (secondary N) is 1. The number of methoxy groups -OCH3 is 2. The summed E-state index contributed by atoms with van der Waals surface area (Å²) in [4.78, 5) is 39.7. The molecule has 2 rings (SSSR count). The van der Waals surface area contributed by atoms with Crippen molar-refractivity contribution in [2.75, 3.05) is 14.2 Å². The predicted octanol–water partition coefficient (Wildman–Crippen LogP) is 1.60. The Morgan fingerprint density at radius 1 is 1.30 bits per heavy atom. The van der Waals surface area contributed by atoms with E-state index in [1.807, 2.05) is 6.92 Å². The molecule has 2 aromatic rings. The van der Waals surface area contributed by atoms with E-state index in [2.05, 4.69) is 4.98 Å². The third kappa shape index (κ3) is 3.28. The topological polar surface area (TPSA) is 90.4 Å². The van der Waals surface area contributed by atoms with Gasteiger partial charge in [-0.05, 0) is 24.6 Å². The van der Waals surface area contributed by atoms with Gasteiger partial charge < -0.3 is 14.5 Å². The van der Waals surface area contributed by atoms with E-state index in [1.54, 1.807) is 12.1 Å². The average molecular weight is 320 g/mol. The lowest BCUT2D eigenvalue weighted by molar-refractivity contribution is -0.145. The van der Waals surface area contributed by atoms with Crippen LogP contribution in [0.25, 0.3) is 10.9 Å². The fourth-order valence-electron chi connectivity index (χ4n) is 2.50. The Kier molecular flexibility index (Phi) is 5.20. The molecule has 1 heterocycles. The van der Waals surface area contributed by atoms with Crippen LogP contribution in [0.4, 0.5) is 0 Å². The Bertz CT molecular complexity index is 821. The van der Waals surface area contributed by atoms with Crippen molar-refractivity contribution >= 4 is 16.9 Å². The summed E-state index contributed by atoms with van der Waals surface area (Å²) < 4.78 is 10.8. The maximum atomic E-state index is 12.7. The number of unbranched alkanes of at least 4 members (excludes halogenated alkanes) is 1. The van der Waals surface area contributed by atoms with Crippen LogP contribution in [-0.2, 0) is 9.53 Å². The molecule has 1 aromatic carbocycles. The molecule has 0 fully saturated rings. The monoisotopic (exact) mass is 320 g/mol. The van der Waals surface area contributed by atoms with Gasteiger partial charge in [0.2, 0.25) is 0 Å². The van der Waals surface area contributed by atoms with E-state index in [-0.39, 0.29) is 5.39 Å². The molecule has 1 N–H and O–H groups in total. The van der Waals surface area contributed by atoms with Crippen molar-refractivity contribution in [1.82, 2.24) is 9.55 Å². The zero-order valence-electron chi connectivity index (χ0n) is 13.4. The first-order valence-electron chi connectivity index (χ1n) is 7.43. The fraction of sp³-hybridized carbons (Fsp3) is 0.438. The highest BCUT2D eigenvalue weighted by atomic mass is 16.5. The maximum absolute atomic E-state index is 12.7. The lowest BCUT2D eigenvalue weighted by Gasteiger charge is -2.17. The summed E-state index contributed by atoms with van der Waals surface area (Å²) in [6.07, 6.45) is 1.89. The van der Waals surface area contributed by atoms with Crippen LogP contribution in [0.2, 0.25) is 0 Å². The van der Waals surface area contributed by atoms with Crippen LogP contribution in [-0.4, -0.2) is 29.7 Å². The summed E-state index contributed by atoms with van der Waals surface area (Å²) in [5.41, 5.74) is -0.760. The molecule has 0 bridgehead atoms. The molecule has 0 radical (unpaired) electrons. The highest BCUT2D eigenvalue weighted by Gasteiger charge is 2.25. The summed E-state index contributed by atoms with van der Waals surface area (Å²) in [5, 5.41) is 0.286. The van der Waals surface area contributed by atoms with Crippen molar-refractivity contribution in [3.8, 4) is 5.75 Å². The van der Waals surface area contributed by atoms with Crippen LogP contribution < -0.4 is 16.0 Å². The molecule has 0 aliphatic carbocycles. The van der Waals surface area contributed by atoms with Gasteiger partial charge >= 0.3 is 11.7 Å². The number of hydrogen-bond donors (Lipinski definition) is 1. The number of aromatic nitrogens is 2. The van der Waals surface area contributed by atoms with E-state index in [1.165, 1.54) is 20.3 Å². The van der Waals surface area contributed by atoms with Gasteiger partial charge in [0.1, 0.15) is 11.8 Å². The number of ether oxygens (including phenoxy) is 2. The standard InChI is InChI=1S/C16H20N2O5/c1-4-5-6-13(15(20)23-3)18-14(19)11-9-10(22-2)7-8-12(11)17-16(18)21/h7-9,13H,4-6H2,1-3H3,(H,17,21)/t13-/m0/s1. The largest absolute Gasteiger partial charge is 0.497 e. The minimum Gasteiger partial charge on any atom is -0.497 e. The number of esters is 1. The van der Waals surface area contributed by atoms with Gasteiger partial charge in [0.15, 0.2) is 0 Å². The van der Waals surface area contributed by atoms with Gasteiger partial charge in [-0.15, -0.1) is 0 Å². The third-order valence-corrected chi connectivity index (χ3v) is 3.75. The summed E-state index contributed by atoms with van der Waals surface area (Å²) in [6, 6.07) is 3.85. The number of carbonyl (C=O) groups excluding carboxylic acids is 1. The van der Waals surface area contributed by atoms with Gasteiger partial charge in [0, 0.05) is 0 Å². The van der Waals surface area contributed by atoms with Gasteiger partial charge in [0.05, 0.1) is 25.1 Å². The first-order valence-corrected chi connectivity index (χ1v) is 7.43. The van der Waals surface area contributed by atoms with Crippen molar-refractivity contribution in [3.63, 3.8) is 0 Å². The van der Waals surface area contributed by atoms with Crippen LogP contribution in [0.5, 0.6) is 5.75 Å². The molecular formula is C16H20N2O5. The maximum Gasteiger partial charge on any atom is 0.329 e. The van der Waals surface area contributed by atoms with Gasteiger partial charge in [-0.2, -0.15) is 0 Å². The Morgan fingerprint density at radius 3 is 2.65 bits per heavy atom. The number of benzene rings is 1. The van der Waals surface area contributed by atoms with E-state index in [4.69, 9.17) is 9.47 Å². The minimum atomic E-state index is -0.938. The molecule has 23 heavy (non-hydrogen) atoms. The number of hydrogen-bond acceptors (Lipinski definition) is 5. The normalized spacial score (nSPS) is 12.1. The number of fused-ring (bicyclic) bond motifs is 1.